The zero-order valence-corrected chi connectivity index (χ0v) is 19.5. The van der Waals surface area contributed by atoms with E-state index in [1.807, 2.05) is 0 Å². The molecule has 0 aliphatic heterocycles. The third-order valence-corrected chi connectivity index (χ3v) is 5.92. The summed E-state index contributed by atoms with van der Waals surface area (Å²) >= 11 is -2.52. The number of anilines is 2. The maximum absolute atomic E-state index is 12.8. The van der Waals surface area contributed by atoms with E-state index in [4.69, 9.17) is 5.73 Å². The van der Waals surface area contributed by atoms with E-state index in [-0.39, 0.29) is 42.1 Å². The van der Waals surface area contributed by atoms with Gasteiger partial charge in [-0.05, 0) is 60.0 Å². The first-order valence-electron chi connectivity index (χ1n) is 10.5. The molecule has 1 unspecified atom stereocenters. The van der Waals surface area contributed by atoms with Crippen LogP contribution in [0.5, 0.6) is 5.75 Å². The molecule has 0 fully saturated rings. The highest BCUT2D eigenvalue weighted by atomic mass is 32.2. The largest absolute Gasteiger partial charge is 0.506 e. The van der Waals surface area contributed by atoms with Crippen LogP contribution in [0.15, 0.2) is 66.7 Å². The Morgan fingerprint density at radius 3 is 2.08 bits per heavy atom. The maximum Gasteiger partial charge on any atom is 0.416 e. The fourth-order valence-electron chi connectivity index (χ4n) is 3.35. The van der Waals surface area contributed by atoms with E-state index < -0.39 is 34.8 Å². The van der Waals surface area contributed by atoms with Gasteiger partial charge in [0.05, 0.1) is 11.3 Å². The average Bonchev–Trinajstić information content (AvgIpc) is 2.82. The van der Waals surface area contributed by atoms with Gasteiger partial charge in [0, 0.05) is 24.2 Å². The minimum absolute atomic E-state index is 0.0205. The molecule has 8 nitrogen and oxygen atoms in total. The van der Waals surface area contributed by atoms with Crippen LogP contribution in [-0.2, 0) is 22.2 Å². The summed E-state index contributed by atoms with van der Waals surface area (Å²) < 4.78 is 60.6. The highest BCUT2D eigenvalue weighted by molar-refractivity contribution is 7.80. The Kier molecular flexibility index (Phi) is 8.33. The van der Waals surface area contributed by atoms with Crippen molar-refractivity contribution in [3.8, 4) is 16.9 Å². The van der Waals surface area contributed by atoms with Gasteiger partial charge >= 0.3 is 6.18 Å². The van der Waals surface area contributed by atoms with Crippen molar-refractivity contribution in [1.82, 2.24) is 0 Å². The molecular weight excluding hydrogens is 499 g/mol. The van der Waals surface area contributed by atoms with E-state index >= 15 is 0 Å². The van der Waals surface area contributed by atoms with Gasteiger partial charge in [-0.2, -0.15) is 13.2 Å². The second-order valence-corrected chi connectivity index (χ2v) is 8.61. The normalized spacial score (nSPS) is 12.1. The molecule has 36 heavy (non-hydrogen) atoms. The summed E-state index contributed by atoms with van der Waals surface area (Å²) in [6.07, 6.45) is -4.28. The van der Waals surface area contributed by atoms with E-state index in [1.165, 1.54) is 42.5 Å². The van der Waals surface area contributed by atoms with Crippen LogP contribution < -0.4 is 15.4 Å². The van der Waals surface area contributed by atoms with E-state index in [2.05, 4.69) is 5.32 Å². The first-order chi connectivity index (χ1) is 17.0. The lowest BCUT2D eigenvalue weighted by atomic mass is 10.0. The molecule has 0 bridgehead atoms. The molecule has 190 valence electrons. The number of aromatic hydroxyl groups is 1. The van der Waals surface area contributed by atoms with Gasteiger partial charge in [-0.1, -0.05) is 24.3 Å². The zero-order valence-electron chi connectivity index (χ0n) is 18.7. The van der Waals surface area contributed by atoms with Gasteiger partial charge in [-0.25, -0.2) is 4.21 Å². The van der Waals surface area contributed by atoms with E-state index in [9.17, 15) is 36.6 Å². The van der Waals surface area contributed by atoms with Gasteiger partial charge in [0.1, 0.15) is 5.75 Å². The van der Waals surface area contributed by atoms with Crippen molar-refractivity contribution in [3.63, 3.8) is 0 Å². The Bertz CT molecular complexity index is 1270. The number of phenols is 1. The standard InChI is InChI=1S/C24H22F3N3O5S/c25-24(26,27)18-9-7-16(8-10-18)15-3-5-17(6-4-15)23(33)29-19-11-12-21(31)20(14-19)30(36(34)35)13-1-2-22(28)32/h3-12,14,31H,1-2,13H2,(H2,28,32)(H,29,33)(H,34,35). The summed E-state index contributed by atoms with van der Waals surface area (Å²) in [4.78, 5) is 23.6. The number of carbonyl (C=O) groups excluding carboxylic acids is 2. The van der Waals surface area contributed by atoms with Crippen molar-refractivity contribution in [2.75, 3.05) is 16.2 Å². The number of phenolic OH excluding ortho intramolecular Hbond substituents is 1. The predicted molar refractivity (Wildman–Crippen MR) is 129 cm³/mol. The Morgan fingerprint density at radius 1 is 0.972 bits per heavy atom. The fourth-order valence-corrected chi connectivity index (χ4v) is 3.95. The minimum atomic E-state index is -4.43. The summed E-state index contributed by atoms with van der Waals surface area (Å²) in [7, 11) is 0. The summed E-state index contributed by atoms with van der Waals surface area (Å²) in [6, 6.07) is 14.8. The Hall–Kier alpha value is -3.90. The molecule has 3 aromatic rings. The quantitative estimate of drug-likeness (QED) is 0.242. The second-order valence-electron chi connectivity index (χ2n) is 7.71. The SMILES string of the molecule is NC(=O)CCCN(c1cc(NC(=O)c2ccc(-c3ccc(C(F)(F)F)cc3)cc2)ccc1O)S(=O)O. The van der Waals surface area contributed by atoms with E-state index in [1.54, 1.807) is 12.1 Å². The first kappa shape index (κ1) is 26.7. The Labute approximate surface area is 207 Å². The number of rotatable bonds is 9. The van der Waals surface area contributed by atoms with Crippen LogP contribution in [0.1, 0.15) is 28.8 Å². The lowest BCUT2D eigenvalue weighted by molar-refractivity contribution is -0.137. The number of nitrogens with zero attached hydrogens (tertiary/aromatic N) is 1. The average molecular weight is 522 g/mol. The number of halogens is 3. The molecule has 3 aromatic carbocycles. The number of alkyl halides is 3. The van der Waals surface area contributed by atoms with Crippen molar-refractivity contribution in [1.29, 1.82) is 0 Å². The van der Waals surface area contributed by atoms with Crippen LogP contribution in [0.4, 0.5) is 24.5 Å². The van der Waals surface area contributed by atoms with Crippen LogP contribution in [0.2, 0.25) is 0 Å². The third kappa shape index (κ3) is 6.83. The van der Waals surface area contributed by atoms with Crippen LogP contribution in [0.25, 0.3) is 11.1 Å². The number of carbonyl (C=O) groups is 2. The van der Waals surface area contributed by atoms with Crippen molar-refractivity contribution in [2.24, 2.45) is 5.73 Å². The molecule has 0 saturated carbocycles. The lowest BCUT2D eigenvalue weighted by Gasteiger charge is -2.21. The van der Waals surface area contributed by atoms with Crippen LogP contribution >= 0.6 is 0 Å². The van der Waals surface area contributed by atoms with Gasteiger partial charge in [0.15, 0.2) is 0 Å². The predicted octanol–water partition coefficient (Wildman–Crippen LogP) is 4.54. The molecule has 0 aliphatic rings. The molecule has 1 atom stereocenters. The van der Waals surface area contributed by atoms with Gasteiger partial charge in [-0.15, -0.1) is 0 Å². The van der Waals surface area contributed by atoms with Gasteiger partial charge in [-0.3, -0.25) is 18.4 Å². The van der Waals surface area contributed by atoms with Crippen molar-refractivity contribution < 1.29 is 36.6 Å². The number of nitrogens with one attached hydrogen (secondary N) is 1. The van der Waals surface area contributed by atoms with E-state index in [0.29, 0.717) is 11.1 Å². The summed E-state index contributed by atoms with van der Waals surface area (Å²) in [5.74, 6) is -1.40. The van der Waals surface area contributed by atoms with Gasteiger partial charge in [0.2, 0.25) is 5.91 Å². The molecule has 0 radical (unpaired) electrons. The number of hydrogen-bond donors (Lipinski definition) is 4. The topological polar surface area (TPSA) is 133 Å². The number of amides is 2. The summed E-state index contributed by atoms with van der Waals surface area (Å²) in [5.41, 5.74) is 5.94. The molecular formula is C24H22F3N3O5S. The molecule has 0 saturated heterocycles. The monoisotopic (exact) mass is 521 g/mol. The molecule has 2 amide bonds. The third-order valence-electron chi connectivity index (χ3n) is 5.17. The van der Waals surface area contributed by atoms with Crippen LogP contribution in [0, 0.1) is 0 Å². The van der Waals surface area contributed by atoms with Crippen LogP contribution in [0.3, 0.4) is 0 Å². The lowest BCUT2D eigenvalue weighted by Crippen LogP contribution is -2.27. The molecule has 12 heteroatoms. The van der Waals surface area contributed by atoms with Crippen molar-refractivity contribution in [2.45, 2.75) is 19.0 Å². The van der Waals surface area contributed by atoms with E-state index in [0.717, 1.165) is 16.4 Å². The minimum Gasteiger partial charge on any atom is -0.506 e. The number of hydrogen-bond acceptors (Lipinski definition) is 4. The van der Waals surface area contributed by atoms with Gasteiger partial charge < -0.3 is 16.2 Å². The van der Waals surface area contributed by atoms with Gasteiger partial charge in [0.25, 0.3) is 17.2 Å². The fraction of sp³-hybridized carbons (Fsp3) is 0.167. The number of benzene rings is 3. The second kappa shape index (κ2) is 11.2. The molecule has 0 heterocycles. The molecule has 3 rings (SSSR count). The van der Waals surface area contributed by atoms with Crippen LogP contribution in [-0.4, -0.2) is 32.2 Å². The maximum atomic E-state index is 12.8. The van der Waals surface area contributed by atoms with Crippen molar-refractivity contribution in [3.05, 3.63) is 77.9 Å². The summed E-state index contributed by atoms with van der Waals surface area (Å²) in [5, 5.41) is 12.8. The Morgan fingerprint density at radius 2 is 1.56 bits per heavy atom. The molecule has 0 aliphatic carbocycles. The molecule has 0 aromatic heterocycles. The molecule has 0 spiro atoms. The highest BCUT2D eigenvalue weighted by Gasteiger charge is 2.30. The Balaban J connectivity index is 1.74. The zero-order chi connectivity index (χ0) is 26.5. The molecule has 5 N–H and O–H groups in total. The number of nitrogens with two attached hydrogens (primary N) is 1. The van der Waals surface area contributed by atoms with Crippen molar-refractivity contribution >= 4 is 34.5 Å². The number of primary amides is 1. The summed E-state index contributed by atoms with van der Waals surface area (Å²) in [6.45, 7) is -0.0532. The highest BCUT2D eigenvalue weighted by Crippen LogP contribution is 2.33. The smallest absolute Gasteiger partial charge is 0.416 e. The first-order valence-corrected chi connectivity index (χ1v) is 11.6.